The Morgan fingerprint density at radius 2 is 1.48 bits per heavy atom. The summed E-state index contributed by atoms with van der Waals surface area (Å²) in [6.45, 7) is 5.68. The SMILES string of the molecule is CCCCCC#CCCCc1ccccc1.CCP(=O)(O)CC. The van der Waals surface area contributed by atoms with E-state index in [9.17, 15) is 4.57 Å². The topological polar surface area (TPSA) is 37.3 Å². The van der Waals surface area contributed by atoms with Gasteiger partial charge in [-0.15, -0.1) is 11.8 Å². The Morgan fingerprint density at radius 1 is 0.913 bits per heavy atom. The second kappa shape index (κ2) is 14.6. The van der Waals surface area contributed by atoms with Gasteiger partial charge in [-0.3, -0.25) is 4.57 Å². The molecule has 1 aromatic carbocycles. The summed E-state index contributed by atoms with van der Waals surface area (Å²) >= 11 is 0. The van der Waals surface area contributed by atoms with Crippen molar-refractivity contribution in [2.24, 2.45) is 0 Å². The van der Waals surface area contributed by atoms with Crippen LogP contribution in [0.4, 0.5) is 0 Å². The van der Waals surface area contributed by atoms with Crippen molar-refractivity contribution in [3.8, 4) is 11.8 Å². The summed E-state index contributed by atoms with van der Waals surface area (Å²) < 4.78 is 10.5. The third kappa shape index (κ3) is 14.3. The number of benzene rings is 1. The monoisotopic (exact) mass is 336 g/mol. The van der Waals surface area contributed by atoms with Crippen LogP contribution in [-0.2, 0) is 11.0 Å². The van der Waals surface area contributed by atoms with Gasteiger partial charge >= 0.3 is 0 Å². The lowest BCUT2D eigenvalue weighted by molar-refractivity contribution is 0.481. The van der Waals surface area contributed by atoms with Crippen molar-refractivity contribution in [2.75, 3.05) is 12.3 Å². The van der Waals surface area contributed by atoms with Crippen LogP contribution >= 0.6 is 7.37 Å². The zero-order valence-corrected chi connectivity index (χ0v) is 15.9. The molecule has 23 heavy (non-hydrogen) atoms. The van der Waals surface area contributed by atoms with Gasteiger partial charge in [0.25, 0.3) is 0 Å². The average molecular weight is 336 g/mol. The van der Waals surface area contributed by atoms with E-state index in [0.717, 1.165) is 19.3 Å². The maximum Gasteiger partial charge on any atom is 0.200 e. The molecule has 0 aliphatic carbocycles. The minimum Gasteiger partial charge on any atom is -0.344 e. The molecule has 0 atom stereocenters. The molecule has 0 aromatic heterocycles. The first-order valence-electron chi connectivity index (χ1n) is 8.86. The van der Waals surface area contributed by atoms with E-state index < -0.39 is 7.37 Å². The van der Waals surface area contributed by atoms with Crippen molar-refractivity contribution >= 4 is 7.37 Å². The molecule has 0 aliphatic rings. The number of hydrogen-bond acceptors (Lipinski definition) is 1. The van der Waals surface area contributed by atoms with Gasteiger partial charge in [-0.05, 0) is 24.8 Å². The van der Waals surface area contributed by atoms with Crippen molar-refractivity contribution in [1.82, 2.24) is 0 Å². The molecule has 0 bridgehead atoms. The first kappa shape index (κ1) is 22.0. The van der Waals surface area contributed by atoms with E-state index >= 15 is 0 Å². The maximum absolute atomic E-state index is 10.5. The Morgan fingerprint density at radius 3 is 1.96 bits per heavy atom. The van der Waals surface area contributed by atoms with Gasteiger partial charge in [0.2, 0.25) is 0 Å². The summed E-state index contributed by atoms with van der Waals surface area (Å²) in [7, 11) is -2.65. The van der Waals surface area contributed by atoms with Crippen LogP contribution in [0.1, 0.15) is 64.9 Å². The summed E-state index contributed by atoms with van der Waals surface area (Å²) in [5.74, 6) is 6.52. The van der Waals surface area contributed by atoms with Crippen LogP contribution in [0.5, 0.6) is 0 Å². The molecule has 0 fully saturated rings. The smallest absolute Gasteiger partial charge is 0.200 e. The maximum atomic E-state index is 10.5. The second-order valence-corrected chi connectivity index (χ2v) is 8.59. The summed E-state index contributed by atoms with van der Waals surface area (Å²) in [5.41, 5.74) is 1.43. The first-order valence-corrected chi connectivity index (χ1v) is 10.9. The molecule has 0 saturated heterocycles. The molecule has 2 nitrogen and oxygen atoms in total. The highest BCUT2D eigenvalue weighted by molar-refractivity contribution is 7.57. The number of hydrogen-bond donors (Lipinski definition) is 1. The number of unbranched alkanes of at least 4 members (excludes halogenated alkanes) is 4. The molecular weight excluding hydrogens is 303 g/mol. The molecule has 130 valence electrons. The molecule has 0 unspecified atom stereocenters. The van der Waals surface area contributed by atoms with Gasteiger partial charge in [0.05, 0.1) is 0 Å². The fourth-order valence-corrected chi connectivity index (χ4v) is 2.34. The Labute approximate surface area is 143 Å². The normalized spacial score (nSPS) is 10.3. The van der Waals surface area contributed by atoms with E-state index in [4.69, 9.17) is 4.89 Å². The second-order valence-electron chi connectivity index (χ2n) is 5.63. The Bertz CT molecular complexity index is 477. The summed E-state index contributed by atoms with van der Waals surface area (Å²) in [6.07, 6.45) is 9.15. The van der Waals surface area contributed by atoms with Crippen LogP contribution in [0.25, 0.3) is 0 Å². The molecule has 1 aromatic rings. The third-order valence-corrected chi connectivity index (χ3v) is 5.61. The van der Waals surface area contributed by atoms with Crippen LogP contribution < -0.4 is 0 Å². The van der Waals surface area contributed by atoms with Crippen molar-refractivity contribution in [3.63, 3.8) is 0 Å². The Hall–Kier alpha value is -1.03. The van der Waals surface area contributed by atoms with Crippen LogP contribution in [0.2, 0.25) is 0 Å². The molecule has 1 rings (SSSR count). The molecule has 0 heterocycles. The van der Waals surface area contributed by atoms with Gasteiger partial charge in [0, 0.05) is 25.2 Å². The first-order chi connectivity index (χ1) is 11.1. The third-order valence-electron chi connectivity index (χ3n) is 3.63. The van der Waals surface area contributed by atoms with Gasteiger partial charge in [0.1, 0.15) is 0 Å². The number of aryl methyl sites for hydroxylation is 1. The largest absolute Gasteiger partial charge is 0.344 e. The van der Waals surface area contributed by atoms with Crippen molar-refractivity contribution in [3.05, 3.63) is 35.9 Å². The highest BCUT2D eigenvalue weighted by Crippen LogP contribution is 2.38. The highest BCUT2D eigenvalue weighted by atomic mass is 31.2. The Balaban J connectivity index is 0.000000585. The number of rotatable bonds is 8. The summed E-state index contributed by atoms with van der Waals surface area (Å²) in [5, 5.41) is 0. The predicted octanol–water partition coefficient (Wildman–Crippen LogP) is 5.89. The molecular formula is C20H33O2P. The Kier molecular flexibility index (Phi) is 13.9. The fraction of sp³-hybridized carbons (Fsp3) is 0.600. The van der Waals surface area contributed by atoms with Gasteiger partial charge in [-0.2, -0.15) is 0 Å². The summed E-state index contributed by atoms with van der Waals surface area (Å²) in [4.78, 5) is 8.69. The van der Waals surface area contributed by atoms with Crippen LogP contribution in [0, 0.1) is 11.8 Å². The van der Waals surface area contributed by atoms with Crippen molar-refractivity contribution in [1.29, 1.82) is 0 Å². The van der Waals surface area contributed by atoms with Crippen LogP contribution in [-0.4, -0.2) is 17.2 Å². The lowest BCUT2D eigenvalue weighted by Crippen LogP contribution is -1.84. The van der Waals surface area contributed by atoms with Crippen LogP contribution in [0.15, 0.2) is 30.3 Å². The van der Waals surface area contributed by atoms with E-state index in [2.05, 4.69) is 49.1 Å². The van der Waals surface area contributed by atoms with E-state index in [1.807, 2.05) is 0 Å². The van der Waals surface area contributed by atoms with E-state index in [1.54, 1.807) is 13.8 Å². The van der Waals surface area contributed by atoms with Gasteiger partial charge in [-0.25, -0.2) is 0 Å². The standard InChI is InChI=1S/C16H22.C4H11O2P/c1-2-3-4-5-6-7-8-10-13-16-14-11-9-12-15-16;1-3-7(5,6)4-2/h9,11-12,14-15H,2-5,8,10,13H2,1H3;3-4H2,1-2H3,(H,5,6). The molecule has 1 N–H and O–H groups in total. The highest BCUT2D eigenvalue weighted by Gasteiger charge is 2.08. The fourth-order valence-electron chi connectivity index (χ4n) is 1.89. The zero-order valence-electron chi connectivity index (χ0n) is 15.1. The molecule has 0 radical (unpaired) electrons. The quantitative estimate of drug-likeness (QED) is 0.365. The molecule has 3 heteroatoms. The molecule has 0 spiro atoms. The zero-order chi connectivity index (χ0) is 17.4. The molecule has 0 aliphatic heterocycles. The van der Waals surface area contributed by atoms with Crippen LogP contribution in [0.3, 0.4) is 0 Å². The van der Waals surface area contributed by atoms with Crippen molar-refractivity contribution < 1.29 is 9.46 Å². The van der Waals surface area contributed by atoms with Gasteiger partial charge < -0.3 is 4.89 Å². The molecule has 0 saturated carbocycles. The van der Waals surface area contributed by atoms with E-state index in [-0.39, 0.29) is 0 Å². The molecule has 0 amide bonds. The van der Waals surface area contributed by atoms with Gasteiger partial charge in [-0.1, -0.05) is 63.9 Å². The lowest BCUT2D eigenvalue weighted by Gasteiger charge is -2.01. The van der Waals surface area contributed by atoms with Gasteiger partial charge in [0.15, 0.2) is 7.37 Å². The lowest BCUT2D eigenvalue weighted by atomic mass is 10.1. The van der Waals surface area contributed by atoms with E-state index in [0.29, 0.717) is 12.3 Å². The average Bonchev–Trinajstić information content (AvgIpc) is 2.59. The van der Waals surface area contributed by atoms with Crippen molar-refractivity contribution in [2.45, 2.75) is 65.7 Å². The predicted molar refractivity (Wildman–Crippen MR) is 102 cm³/mol. The minimum absolute atomic E-state index is 0.406. The van der Waals surface area contributed by atoms with E-state index in [1.165, 1.54) is 31.2 Å². The summed E-state index contributed by atoms with van der Waals surface area (Å²) in [6, 6.07) is 10.7. The minimum atomic E-state index is -2.65.